The molecule has 2 aliphatic rings. The smallest absolute Gasteiger partial charge is 0.306 e. The van der Waals surface area contributed by atoms with Crippen molar-refractivity contribution in [3.63, 3.8) is 0 Å². The van der Waals surface area contributed by atoms with Crippen LogP contribution >= 0.6 is 0 Å². The molecule has 3 unspecified atom stereocenters. The standard InChI is InChI=1S/C17H20FNO3/c18-14-2-1-3-15(9-14)19-16(20)10-22-17(21)8-13-7-11-4-5-12(13)6-11/h1-3,9,11-13H,4-8,10H2,(H,19,20). The highest BCUT2D eigenvalue weighted by atomic mass is 19.1. The van der Waals surface area contributed by atoms with Crippen LogP contribution in [0.15, 0.2) is 24.3 Å². The van der Waals surface area contributed by atoms with Crippen LogP contribution in [0.1, 0.15) is 32.1 Å². The SMILES string of the molecule is O=C(COC(=O)CC1CC2CCC1C2)Nc1cccc(F)c1. The van der Waals surface area contributed by atoms with Crippen LogP contribution in [0.4, 0.5) is 10.1 Å². The van der Waals surface area contributed by atoms with E-state index in [0.29, 0.717) is 23.9 Å². The zero-order valence-corrected chi connectivity index (χ0v) is 12.4. The molecule has 1 N–H and O–H groups in total. The summed E-state index contributed by atoms with van der Waals surface area (Å²) in [6.45, 7) is -0.323. The average molecular weight is 305 g/mol. The van der Waals surface area contributed by atoms with Crippen LogP contribution in [0.3, 0.4) is 0 Å². The van der Waals surface area contributed by atoms with Gasteiger partial charge in [-0.3, -0.25) is 9.59 Å². The molecule has 1 aromatic carbocycles. The van der Waals surface area contributed by atoms with Gasteiger partial charge in [0.2, 0.25) is 0 Å². The maximum Gasteiger partial charge on any atom is 0.306 e. The summed E-state index contributed by atoms with van der Waals surface area (Å²) in [6.07, 6.45) is 5.30. The van der Waals surface area contributed by atoms with Gasteiger partial charge in [0.1, 0.15) is 5.82 Å². The monoisotopic (exact) mass is 305 g/mol. The molecule has 0 aromatic heterocycles. The number of carbonyl (C=O) groups excluding carboxylic acids is 2. The summed E-state index contributed by atoms with van der Waals surface area (Å²) in [4.78, 5) is 23.5. The third-order valence-electron chi connectivity index (χ3n) is 4.79. The van der Waals surface area contributed by atoms with Crippen LogP contribution in [0, 0.1) is 23.6 Å². The Balaban J connectivity index is 1.40. The summed E-state index contributed by atoms with van der Waals surface area (Å²) < 4.78 is 18.0. The summed E-state index contributed by atoms with van der Waals surface area (Å²) in [6, 6.07) is 5.60. The Morgan fingerprint density at radius 2 is 2.14 bits per heavy atom. The molecule has 5 heteroatoms. The van der Waals surface area contributed by atoms with E-state index < -0.39 is 11.7 Å². The lowest BCUT2D eigenvalue weighted by molar-refractivity contribution is -0.148. The van der Waals surface area contributed by atoms with E-state index in [1.54, 1.807) is 6.07 Å². The number of rotatable bonds is 5. The zero-order chi connectivity index (χ0) is 15.5. The van der Waals surface area contributed by atoms with E-state index in [1.807, 2.05) is 0 Å². The van der Waals surface area contributed by atoms with Gasteiger partial charge in [-0.2, -0.15) is 0 Å². The molecule has 2 bridgehead atoms. The van der Waals surface area contributed by atoms with Gasteiger partial charge in [0.25, 0.3) is 5.91 Å². The third-order valence-corrected chi connectivity index (χ3v) is 4.79. The van der Waals surface area contributed by atoms with Crippen molar-refractivity contribution in [2.45, 2.75) is 32.1 Å². The van der Waals surface area contributed by atoms with Crippen molar-refractivity contribution in [3.8, 4) is 0 Å². The lowest BCUT2D eigenvalue weighted by atomic mass is 9.86. The minimum absolute atomic E-state index is 0.313. The lowest BCUT2D eigenvalue weighted by Gasteiger charge is -2.20. The van der Waals surface area contributed by atoms with Gasteiger partial charge in [-0.25, -0.2) is 4.39 Å². The summed E-state index contributed by atoms with van der Waals surface area (Å²) >= 11 is 0. The topological polar surface area (TPSA) is 55.4 Å². The van der Waals surface area contributed by atoms with Crippen molar-refractivity contribution in [2.75, 3.05) is 11.9 Å². The summed E-state index contributed by atoms with van der Waals surface area (Å²) in [5, 5.41) is 2.50. The highest BCUT2D eigenvalue weighted by molar-refractivity contribution is 5.92. The Labute approximate surface area is 129 Å². The number of halogens is 1. The predicted molar refractivity (Wildman–Crippen MR) is 79.5 cm³/mol. The van der Waals surface area contributed by atoms with E-state index in [-0.39, 0.29) is 12.6 Å². The zero-order valence-electron chi connectivity index (χ0n) is 12.4. The molecule has 3 atom stereocenters. The van der Waals surface area contributed by atoms with Crippen LogP contribution in [-0.4, -0.2) is 18.5 Å². The second kappa shape index (κ2) is 6.46. The number of hydrogen-bond donors (Lipinski definition) is 1. The van der Waals surface area contributed by atoms with Crippen molar-refractivity contribution >= 4 is 17.6 Å². The first kappa shape index (κ1) is 15.0. The molecule has 0 saturated heterocycles. The van der Waals surface area contributed by atoms with E-state index in [9.17, 15) is 14.0 Å². The second-order valence-electron chi connectivity index (χ2n) is 6.36. The largest absolute Gasteiger partial charge is 0.456 e. The van der Waals surface area contributed by atoms with Gasteiger partial charge in [-0.1, -0.05) is 12.5 Å². The Morgan fingerprint density at radius 3 is 2.82 bits per heavy atom. The molecule has 0 spiro atoms. The third kappa shape index (κ3) is 3.64. The van der Waals surface area contributed by atoms with E-state index in [2.05, 4.69) is 5.32 Å². The van der Waals surface area contributed by atoms with E-state index in [1.165, 1.54) is 37.5 Å². The predicted octanol–water partition coefficient (Wildman–Crippen LogP) is 3.13. The minimum Gasteiger partial charge on any atom is -0.456 e. The van der Waals surface area contributed by atoms with Crippen molar-refractivity contribution in [1.82, 2.24) is 0 Å². The van der Waals surface area contributed by atoms with Crippen molar-refractivity contribution < 1.29 is 18.7 Å². The number of hydrogen-bond acceptors (Lipinski definition) is 3. The van der Waals surface area contributed by atoms with Crippen LogP contribution in [0.2, 0.25) is 0 Å². The molecule has 0 radical (unpaired) electrons. The Kier molecular flexibility index (Phi) is 4.41. The number of nitrogens with one attached hydrogen (secondary N) is 1. The van der Waals surface area contributed by atoms with Gasteiger partial charge in [-0.15, -0.1) is 0 Å². The number of amides is 1. The minimum atomic E-state index is -0.452. The second-order valence-corrected chi connectivity index (χ2v) is 6.36. The molecule has 4 nitrogen and oxygen atoms in total. The van der Waals surface area contributed by atoms with Gasteiger partial charge in [0.15, 0.2) is 6.61 Å². The fourth-order valence-electron chi connectivity index (χ4n) is 3.81. The van der Waals surface area contributed by atoms with Gasteiger partial charge in [0, 0.05) is 12.1 Å². The number of esters is 1. The van der Waals surface area contributed by atoms with E-state index >= 15 is 0 Å². The molecule has 2 aliphatic carbocycles. The first-order valence-corrected chi connectivity index (χ1v) is 7.81. The lowest BCUT2D eigenvalue weighted by Crippen LogP contribution is -2.23. The summed E-state index contributed by atoms with van der Waals surface area (Å²) in [5.41, 5.74) is 0.356. The molecular weight excluding hydrogens is 285 g/mol. The average Bonchev–Trinajstić information content (AvgIpc) is 3.08. The molecule has 22 heavy (non-hydrogen) atoms. The fraction of sp³-hybridized carbons (Fsp3) is 0.529. The van der Waals surface area contributed by atoms with E-state index in [4.69, 9.17) is 4.74 Å². The fourth-order valence-corrected chi connectivity index (χ4v) is 3.81. The number of carbonyl (C=O) groups is 2. The van der Waals surface area contributed by atoms with Gasteiger partial charge in [0.05, 0.1) is 0 Å². The van der Waals surface area contributed by atoms with E-state index in [0.717, 1.165) is 12.3 Å². The van der Waals surface area contributed by atoms with Crippen LogP contribution in [-0.2, 0) is 14.3 Å². The molecule has 118 valence electrons. The molecule has 0 aliphatic heterocycles. The molecule has 1 amide bonds. The first-order valence-electron chi connectivity index (χ1n) is 7.81. The number of benzene rings is 1. The summed E-state index contributed by atoms with van der Waals surface area (Å²) in [5.74, 6) is 0.695. The molecule has 1 aromatic rings. The summed E-state index contributed by atoms with van der Waals surface area (Å²) in [7, 11) is 0. The molecular formula is C17H20FNO3. The highest BCUT2D eigenvalue weighted by Gasteiger charge is 2.40. The van der Waals surface area contributed by atoms with Gasteiger partial charge in [-0.05, 0) is 55.2 Å². The van der Waals surface area contributed by atoms with Crippen LogP contribution in [0.5, 0.6) is 0 Å². The van der Waals surface area contributed by atoms with Gasteiger partial charge >= 0.3 is 5.97 Å². The van der Waals surface area contributed by atoms with Crippen molar-refractivity contribution in [1.29, 1.82) is 0 Å². The maximum atomic E-state index is 13.0. The Morgan fingerprint density at radius 1 is 1.27 bits per heavy atom. The Hall–Kier alpha value is -1.91. The number of ether oxygens (including phenoxy) is 1. The molecule has 2 saturated carbocycles. The number of fused-ring (bicyclic) bond motifs is 2. The maximum absolute atomic E-state index is 13.0. The first-order chi connectivity index (χ1) is 10.6. The van der Waals surface area contributed by atoms with Crippen LogP contribution in [0.25, 0.3) is 0 Å². The number of anilines is 1. The molecule has 3 rings (SSSR count). The van der Waals surface area contributed by atoms with Gasteiger partial charge < -0.3 is 10.1 Å². The van der Waals surface area contributed by atoms with Crippen LogP contribution < -0.4 is 5.32 Å². The molecule has 0 heterocycles. The molecule has 2 fully saturated rings. The normalized spacial score (nSPS) is 26.0. The van der Waals surface area contributed by atoms with Crippen molar-refractivity contribution in [3.05, 3.63) is 30.1 Å². The quantitative estimate of drug-likeness (QED) is 0.850. The Bertz CT molecular complexity index is 575. The highest BCUT2D eigenvalue weighted by Crippen LogP contribution is 2.49. The van der Waals surface area contributed by atoms with Crippen molar-refractivity contribution in [2.24, 2.45) is 17.8 Å².